The van der Waals surface area contributed by atoms with Gasteiger partial charge in [-0.3, -0.25) is 19.2 Å². The van der Waals surface area contributed by atoms with Crippen LogP contribution in [-0.4, -0.2) is 58.9 Å². The molecular weight excluding hydrogens is 401 g/mol. The number of likely N-dealkylation sites (tertiary alicyclic amines) is 1. The summed E-state index contributed by atoms with van der Waals surface area (Å²) in [5, 5.41) is 7.06. The molecule has 1 aromatic rings. The van der Waals surface area contributed by atoms with Crippen LogP contribution in [0, 0.1) is 17.9 Å². The van der Waals surface area contributed by atoms with Crippen molar-refractivity contribution in [1.29, 1.82) is 0 Å². The lowest BCUT2D eigenvalue weighted by atomic mass is 9.87. The van der Waals surface area contributed by atoms with Crippen LogP contribution in [0.5, 0.6) is 0 Å². The number of alkyl halides is 3. The van der Waals surface area contributed by atoms with E-state index in [0.717, 1.165) is 19.3 Å². The average Bonchev–Trinajstić information content (AvgIpc) is 3.55. The zero-order chi connectivity index (χ0) is 21.7. The summed E-state index contributed by atoms with van der Waals surface area (Å²) < 4.78 is 39.6. The number of aromatic nitrogens is 2. The third-order valence-corrected chi connectivity index (χ3v) is 6.67. The molecule has 2 aliphatic carbocycles. The lowest BCUT2D eigenvalue weighted by Gasteiger charge is -2.38. The Balaban J connectivity index is 1.54. The van der Waals surface area contributed by atoms with E-state index in [-0.39, 0.29) is 61.1 Å². The highest BCUT2D eigenvalue weighted by Gasteiger charge is 2.65. The first kappa shape index (κ1) is 20.7. The molecule has 3 fully saturated rings. The number of nitrogens with zero attached hydrogens (tertiary/aromatic N) is 4. The summed E-state index contributed by atoms with van der Waals surface area (Å²) in [7, 11) is 0. The molecule has 1 saturated heterocycles. The summed E-state index contributed by atoms with van der Waals surface area (Å²) in [5.74, 6) is -0.983. The number of amides is 2. The predicted octanol–water partition coefficient (Wildman–Crippen LogP) is 1.99. The summed E-state index contributed by atoms with van der Waals surface area (Å²) in [6.45, 7) is 6.60. The van der Waals surface area contributed by atoms with Crippen molar-refractivity contribution in [3.8, 4) is 0 Å². The Hall–Kier alpha value is -2.61. The molecule has 4 rings (SSSR count). The third-order valence-electron chi connectivity index (χ3n) is 6.67. The van der Waals surface area contributed by atoms with Crippen LogP contribution in [0.3, 0.4) is 0 Å². The first-order valence-corrected chi connectivity index (χ1v) is 9.91. The Kier molecular flexibility index (Phi) is 4.80. The van der Waals surface area contributed by atoms with Crippen molar-refractivity contribution in [2.75, 3.05) is 31.5 Å². The molecule has 162 valence electrons. The Labute approximate surface area is 171 Å². The number of primary amides is 1. The van der Waals surface area contributed by atoms with Gasteiger partial charge in [0.25, 0.3) is 5.91 Å². The van der Waals surface area contributed by atoms with Crippen LogP contribution in [0.25, 0.3) is 4.85 Å². The van der Waals surface area contributed by atoms with Gasteiger partial charge in [-0.15, -0.1) is 0 Å². The zero-order valence-corrected chi connectivity index (χ0v) is 16.3. The van der Waals surface area contributed by atoms with Gasteiger partial charge < -0.3 is 15.9 Å². The normalized spacial score (nSPS) is 24.3. The van der Waals surface area contributed by atoms with Gasteiger partial charge in [-0.2, -0.15) is 18.3 Å². The van der Waals surface area contributed by atoms with E-state index >= 15 is 0 Å². The van der Waals surface area contributed by atoms with Gasteiger partial charge in [-0.05, 0) is 37.5 Å². The van der Waals surface area contributed by atoms with Gasteiger partial charge in [-0.25, -0.2) is 6.57 Å². The number of rotatable bonds is 6. The second-order valence-corrected chi connectivity index (χ2v) is 8.74. The lowest BCUT2D eigenvalue weighted by molar-refractivity contribution is -0.150. The van der Waals surface area contributed by atoms with Gasteiger partial charge in [-0.1, -0.05) is 0 Å². The average molecular weight is 424 g/mol. The van der Waals surface area contributed by atoms with Gasteiger partial charge in [0.2, 0.25) is 12.5 Å². The zero-order valence-electron chi connectivity index (χ0n) is 16.3. The Morgan fingerprint density at radius 2 is 1.97 bits per heavy atom. The highest BCUT2D eigenvalue weighted by molar-refractivity contribution is 6.03. The molecule has 1 atom stereocenters. The molecule has 11 heteroatoms. The monoisotopic (exact) mass is 424 g/mol. The molecule has 8 nitrogen and oxygen atoms in total. The minimum atomic E-state index is -4.29. The first-order valence-electron chi connectivity index (χ1n) is 9.91. The van der Waals surface area contributed by atoms with E-state index in [1.165, 1.54) is 15.8 Å². The molecular formula is C19H23F3N6O2. The molecule has 2 amide bonds. The second kappa shape index (κ2) is 6.97. The van der Waals surface area contributed by atoms with Crippen LogP contribution in [0.1, 0.15) is 42.5 Å². The topological polar surface area (TPSA) is 97.6 Å². The number of hydrogen-bond donors (Lipinski definition) is 2. The lowest BCUT2D eigenvalue weighted by Crippen LogP contribution is -2.50. The largest absolute Gasteiger partial charge is 0.401 e. The molecule has 2 saturated carbocycles. The third kappa shape index (κ3) is 3.88. The number of halogens is 3. The van der Waals surface area contributed by atoms with Gasteiger partial charge >= 0.3 is 6.18 Å². The summed E-state index contributed by atoms with van der Waals surface area (Å²) in [6, 6.07) is 0. The maximum absolute atomic E-state index is 12.7. The van der Waals surface area contributed by atoms with Crippen molar-refractivity contribution in [1.82, 2.24) is 14.7 Å². The van der Waals surface area contributed by atoms with E-state index in [4.69, 9.17) is 12.3 Å². The molecule has 2 heterocycles. The summed E-state index contributed by atoms with van der Waals surface area (Å²) >= 11 is 0. The van der Waals surface area contributed by atoms with Crippen LogP contribution in [0.4, 0.5) is 19.0 Å². The van der Waals surface area contributed by atoms with Crippen LogP contribution in [0.15, 0.2) is 6.20 Å². The molecule has 3 aliphatic rings. The minimum absolute atomic E-state index is 0.00582. The number of nitrogens with one attached hydrogen (secondary N) is 1. The standard InChI is InChI=1S/C19H23F3N6O2/c1-24-10-18(4-6-27(7-5-18)11-19(20,21)22)28-9-12(14(23)29)15(26-28)25-16(30)13-8-17(13)2-3-17/h9,13H,2-8,10-11H2,(H2,23,29)(H,25,26,30). The number of piperidine rings is 1. The minimum Gasteiger partial charge on any atom is -0.365 e. The molecule has 0 aromatic carbocycles. The van der Waals surface area contributed by atoms with Gasteiger partial charge in [0.15, 0.2) is 5.82 Å². The smallest absolute Gasteiger partial charge is 0.365 e. The van der Waals surface area contributed by atoms with Crippen molar-refractivity contribution in [3.63, 3.8) is 0 Å². The maximum atomic E-state index is 12.7. The predicted molar refractivity (Wildman–Crippen MR) is 100 cm³/mol. The van der Waals surface area contributed by atoms with Crippen LogP contribution < -0.4 is 11.1 Å². The van der Waals surface area contributed by atoms with Crippen LogP contribution >= 0.6 is 0 Å². The summed E-state index contributed by atoms with van der Waals surface area (Å²) in [6.07, 6.45) is 0.554. The Bertz CT molecular complexity index is 906. The van der Waals surface area contributed by atoms with Crippen molar-refractivity contribution in [2.24, 2.45) is 17.1 Å². The van der Waals surface area contributed by atoms with E-state index in [1.54, 1.807) is 0 Å². The maximum Gasteiger partial charge on any atom is 0.401 e. The van der Waals surface area contributed by atoms with E-state index < -0.39 is 24.2 Å². The molecule has 0 radical (unpaired) electrons. The Morgan fingerprint density at radius 1 is 1.30 bits per heavy atom. The van der Waals surface area contributed by atoms with Crippen LogP contribution in [-0.2, 0) is 10.3 Å². The number of carbonyl (C=O) groups excluding carboxylic acids is 2. The molecule has 1 unspecified atom stereocenters. The number of anilines is 1. The van der Waals surface area contributed by atoms with E-state index in [9.17, 15) is 22.8 Å². The van der Waals surface area contributed by atoms with Crippen molar-refractivity contribution >= 4 is 17.6 Å². The molecule has 1 aromatic heterocycles. The molecule has 0 bridgehead atoms. The van der Waals surface area contributed by atoms with E-state index in [2.05, 4.69) is 15.3 Å². The molecule has 1 aliphatic heterocycles. The molecule has 30 heavy (non-hydrogen) atoms. The van der Waals surface area contributed by atoms with E-state index in [1.807, 2.05) is 0 Å². The van der Waals surface area contributed by atoms with Gasteiger partial charge in [0, 0.05) is 25.2 Å². The first-order chi connectivity index (χ1) is 14.1. The SMILES string of the molecule is [C-]#[N+]CC1(n2cc(C(N)=O)c(NC(=O)C3CC34CC4)n2)CCN(CC(F)(F)F)CC1. The molecule has 3 N–H and O–H groups in total. The summed E-state index contributed by atoms with van der Waals surface area (Å²) in [4.78, 5) is 29.2. The van der Waals surface area contributed by atoms with Crippen molar-refractivity contribution in [3.05, 3.63) is 23.2 Å². The quantitative estimate of drug-likeness (QED) is 0.683. The summed E-state index contributed by atoms with van der Waals surface area (Å²) in [5.41, 5.74) is 4.78. The number of nitrogens with two attached hydrogens (primary N) is 1. The second-order valence-electron chi connectivity index (χ2n) is 8.74. The van der Waals surface area contributed by atoms with Gasteiger partial charge in [0.1, 0.15) is 11.1 Å². The fourth-order valence-electron chi connectivity index (χ4n) is 4.51. The van der Waals surface area contributed by atoms with E-state index in [0.29, 0.717) is 0 Å². The van der Waals surface area contributed by atoms with Crippen molar-refractivity contribution < 1.29 is 22.8 Å². The molecule has 1 spiro atoms. The number of hydrogen-bond acceptors (Lipinski definition) is 4. The highest BCUT2D eigenvalue weighted by atomic mass is 19.4. The van der Waals surface area contributed by atoms with Gasteiger partial charge in [0.05, 0.1) is 6.54 Å². The highest BCUT2D eigenvalue weighted by Crippen LogP contribution is 2.70. The van der Waals surface area contributed by atoms with Crippen molar-refractivity contribution in [2.45, 2.75) is 43.8 Å². The van der Waals surface area contributed by atoms with Crippen LogP contribution in [0.2, 0.25) is 0 Å². The Morgan fingerprint density at radius 3 is 2.47 bits per heavy atom. The number of carbonyl (C=O) groups is 2. The fourth-order valence-corrected chi connectivity index (χ4v) is 4.51. The fraction of sp³-hybridized carbons (Fsp3) is 0.684.